The Morgan fingerprint density at radius 2 is 1.68 bits per heavy atom. The third kappa shape index (κ3) is 6.39. The number of pyridine rings is 1. The van der Waals surface area contributed by atoms with Crippen molar-refractivity contribution in [3.05, 3.63) is 58.5 Å². The molecule has 0 saturated carbocycles. The van der Waals surface area contributed by atoms with E-state index in [4.69, 9.17) is 4.74 Å². The molecule has 2 aromatic rings. The highest BCUT2D eigenvalue weighted by atomic mass is 16.6. The molecule has 0 saturated heterocycles. The van der Waals surface area contributed by atoms with Crippen LogP contribution in [-0.2, 0) is 20.7 Å². The summed E-state index contributed by atoms with van der Waals surface area (Å²) in [5.41, 5.74) is 0.662. The molecule has 1 N–H and O–H groups in total. The average Bonchev–Trinajstić information content (AvgIpc) is 3.21. The van der Waals surface area contributed by atoms with E-state index >= 15 is 0 Å². The molecule has 1 aromatic heterocycles. The van der Waals surface area contributed by atoms with E-state index in [2.05, 4.69) is 5.32 Å². The molecule has 0 spiro atoms. The molecule has 0 radical (unpaired) electrons. The normalized spacial score (nSPS) is 15.0. The number of anilines is 1. The second-order valence-corrected chi connectivity index (χ2v) is 11.5. The Balaban J connectivity index is 1.86. The maximum Gasteiger partial charge on any atom is 0.410 e. The zero-order valence-corrected chi connectivity index (χ0v) is 23.0. The number of carbonyl (C=O) groups excluding carboxylic acids is 3. The third-order valence-electron chi connectivity index (χ3n) is 6.35. The van der Waals surface area contributed by atoms with Crippen LogP contribution in [0, 0.1) is 5.41 Å². The summed E-state index contributed by atoms with van der Waals surface area (Å²) in [6.07, 6.45) is 1.62. The fourth-order valence-electron chi connectivity index (χ4n) is 4.11. The van der Waals surface area contributed by atoms with Gasteiger partial charge < -0.3 is 15.0 Å². The molecular weight excluding hydrogens is 472 g/mol. The van der Waals surface area contributed by atoms with Crippen LogP contribution in [0.5, 0.6) is 0 Å². The smallest absolute Gasteiger partial charge is 0.410 e. The number of para-hydroxylation sites is 1. The summed E-state index contributed by atoms with van der Waals surface area (Å²) in [6, 6.07) is 9.06. The Hall–Kier alpha value is -3.62. The van der Waals surface area contributed by atoms with Crippen molar-refractivity contribution in [3.8, 4) is 5.69 Å². The van der Waals surface area contributed by atoms with E-state index in [1.165, 1.54) is 16.5 Å². The number of amides is 3. The maximum atomic E-state index is 13.9. The molecule has 1 aliphatic heterocycles. The first kappa shape index (κ1) is 28.0. The summed E-state index contributed by atoms with van der Waals surface area (Å²) in [4.78, 5) is 55.1. The van der Waals surface area contributed by atoms with Gasteiger partial charge >= 0.3 is 6.09 Å². The molecule has 1 aromatic carbocycles. The molecule has 200 valence electrons. The molecule has 2 atom stereocenters. The quantitative estimate of drug-likeness (QED) is 0.663. The summed E-state index contributed by atoms with van der Waals surface area (Å²) in [7, 11) is 1.49. The van der Waals surface area contributed by atoms with Crippen LogP contribution in [0.2, 0.25) is 0 Å². The minimum Gasteiger partial charge on any atom is -0.444 e. The lowest BCUT2D eigenvalue weighted by atomic mass is 9.85. The second kappa shape index (κ2) is 10.4. The third-order valence-corrected chi connectivity index (χ3v) is 6.35. The van der Waals surface area contributed by atoms with Crippen molar-refractivity contribution in [3.63, 3.8) is 0 Å². The molecule has 9 nitrogen and oxygen atoms in total. The topological polar surface area (TPSA) is 101 Å². The number of nitrogens with one attached hydrogen (secondary N) is 1. The minimum atomic E-state index is -0.863. The monoisotopic (exact) mass is 510 g/mol. The molecule has 37 heavy (non-hydrogen) atoms. The highest BCUT2D eigenvalue weighted by molar-refractivity contribution is 6.01. The molecule has 9 heteroatoms. The number of aromatic nitrogens is 1. The number of nitrogens with zero attached hydrogens (tertiary/aromatic N) is 3. The first-order valence-electron chi connectivity index (χ1n) is 12.5. The van der Waals surface area contributed by atoms with Crippen molar-refractivity contribution < 1.29 is 19.1 Å². The van der Waals surface area contributed by atoms with Gasteiger partial charge in [-0.1, -0.05) is 39.0 Å². The van der Waals surface area contributed by atoms with Crippen molar-refractivity contribution in [2.24, 2.45) is 5.41 Å². The highest BCUT2D eigenvalue weighted by Crippen LogP contribution is 2.31. The van der Waals surface area contributed by atoms with Crippen molar-refractivity contribution in [2.75, 3.05) is 18.5 Å². The van der Waals surface area contributed by atoms with Crippen LogP contribution in [-0.4, -0.2) is 58.7 Å². The molecule has 2 heterocycles. The van der Waals surface area contributed by atoms with E-state index in [1.807, 2.05) is 51.1 Å². The van der Waals surface area contributed by atoms with E-state index < -0.39 is 35.1 Å². The Labute approximate surface area is 218 Å². The number of fused-ring (bicyclic) bond motifs is 1. The van der Waals surface area contributed by atoms with Gasteiger partial charge in [0.15, 0.2) is 0 Å². The summed E-state index contributed by atoms with van der Waals surface area (Å²) >= 11 is 0. The van der Waals surface area contributed by atoms with E-state index in [0.717, 1.165) is 5.56 Å². The lowest BCUT2D eigenvalue weighted by Gasteiger charge is -2.35. The average molecular weight is 511 g/mol. The van der Waals surface area contributed by atoms with E-state index in [9.17, 15) is 19.2 Å². The van der Waals surface area contributed by atoms with Gasteiger partial charge in [-0.25, -0.2) is 4.79 Å². The number of hydrogen-bond donors (Lipinski definition) is 1. The number of carbonyl (C=O) groups is 3. The molecule has 3 rings (SSSR count). The fraction of sp³-hybridized carbons (Fsp3) is 0.500. The molecular formula is C28H38N4O5. The number of ether oxygens (including phenoxy) is 1. The van der Waals surface area contributed by atoms with Gasteiger partial charge in [0.05, 0.1) is 5.69 Å². The van der Waals surface area contributed by atoms with Crippen LogP contribution >= 0.6 is 0 Å². The molecule has 0 fully saturated rings. The van der Waals surface area contributed by atoms with Gasteiger partial charge in [-0.05, 0) is 57.2 Å². The van der Waals surface area contributed by atoms with Gasteiger partial charge in [-0.15, -0.1) is 0 Å². The molecule has 0 aliphatic carbocycles. The van der Waals surface area contributed by atoms with Crippen molar-refractivity contribution in [1.82, 2.24) is 14.8 Å². The SMILES string of the molecule is C[C@@H](C(=O)N[C@H](C(=O)N1CCc2cc(=O)n(-c3ccccc3)cc21)C(C)(C)C)N(C)C(=O)OC(C)(C)C. The number of rotatable bonds is 5. The standard InChI is InChI=1S/C28H38N4O5/c1-18(30(8)26(36)37-28(5,6)7)24(34)29-23(27(2,3)4)25(35)31-15-14-19-16-22(33)32(17-21(19)31)20-12-10-9-11-13-20/h9-13,16-18,23H,14-15H2,1-8H3,(H,29,34)/t18-,23+/m0/s1. The van der Waals surface area contributed by atoms with Gasteiger partial charge in [0.2, 0.25) is 11.8 Å². The number of hydrogen-bond acceptors (Lipinski definition) is 5. The first-order valence-corrected chi connectivity index (χ1v) is 12.5. The van der Waals surface area contributed by atoms with Crippen molar-refractivity contribution >= 4 is 23.6 Å². The minimum absolute atomic E-state index is 0.168. The van der Waals surface area contributed by atoms with Crippen LogP contribution in [0.4, 0.5) is 10.5 Å². The van der Waals surface area contributed by atoms with Crippen LogP contribution in [0.25, 0.3) is 5.69 Å². The van der Waals surface area contributed by atoms with Gasteiger partial charge in [-0.3, -0.25) is 23.9 Å². The molecule has 0 bridgehead atoms. The summed E-state index contributed by atoms with van der Waals surface area (Å²) in [6.45, 7) is 12.9. The van der Waals surface area contributed by atoms with E-state index in [1.54, 1.807) is 44.9 Å². The molecule has 0 unspecified atom stereocenters. The van der Waals surface area contributed by atoms with Gasteiger partial charge in [0.25, 0.3) is 5.56 Å². The largest absolute Gasteiger partial charge is 0.444 e. The van der Waals surface area contributed by atoms with Crippen LogP contribution in [0.1, 0.15) is 54.0 Å². The summed E-state index contributed by atoms with van der Waals surface area (Å²) in [5.74, 6) is -0.736. The Morgan fingerprint density at radius 3 is 2.24 bits per heavy atom. The predicted octanol–water partition coefficient (Wildman–Crippen LogP) is 3.51. The zero-order chi connectivity index (χ0) is 27.7. The van der Waals surface area contributed by atoms with Crippen LogP contribution in [0.15, 0.2) is 47.4 Å². The number of benzene rings is 1. The summed E-state index contributed by atoms with van der Waals surface area (Å²) < 4.78 is 6.89. The van der Waals surface area contributed by atoms with E-state index in [-0.39, 0.29) is 11.5 Å². The zero-order valence-electron chi connectivity index (χ0n) is 23.0. The van der Waals surface area contributed by atoms with Gasteiger partial charge in [-0.2, -0.15) is 0 Å². The maximum absolute atomic E-state index is 13.9. The first-order chi connectivity index (χ1) is 17.1. The van der Waals surface area contributed by atoms with Gasteiger partial charge in [0.1, 0.15) is 17.7 Å². The molecule has 3 amide bonds. The Bertz CT molecular complexity index is 1220. The van der Waals surface area contributed by atoms with Gasteiger partial charge in [0, 0.05) is 31.5 Å². The Morgan fingerprint density at radius 1 is 1.05 bits per heavy atom. The highest BCUT2D eigenvalue weighted by Gasteiger charge is 2.40. The Kier molecular flexibility index (Phi) is 7.86. The second-order valence-electron chi connectivity index (χ2n) is 11.5. The van der Waals surface area contributed by atoms with Crippen molar-refractivity contribution in [1.29, 1.82) is 0 Å². The number of likely N-dealkylation sites (N-methyl/N-ethyl adjacent to an activating group) is 1. The lowest BCUT2D eigenvalue weighted by molar-refractivity contribution is -0.132. The fourth-order valence-corrected chi connectivity index (χ4v) is 4.11. The van der Waals surface area contributed by atoms with Crippen molar-refractivity contribution in [2.45, 2.75) is 72.6 Å². The lowest BCUT2D eigenvalue weighted by Crippen LogP contribution is -2.58. The van der Waals surface area contributed by atoms with E-state index in [0.29, 0.717) is 24.3 Å². The van der Waals surface area contributed by atoms with Crippen LogP contribution in [0.3, 0.4) is 0 Å². The predicted molar refractivity (Wildman–Crippen MR) is 143 cm³/mol. The summed E-state index contributed by atoms with van der Waals surface area (Å²) in [5, 5.41) is 2.87. The molecule has 1 aliphatic rings. The van der Waals surface area contributed by atoms with Crippen LogP contribution < -0.4 is 15.8 Å².